The van der Waals surface area contributed by atoms with Crippen LogP contribution in [0.2, 0.25) is 0 Å². The number of nitrogens with zero attached hydrogens (tertiary/aromatic N) is 3. The largest absolute Gasteiger partial charge is 0.268 e. The Kier molecular flexibility index (Phi) is 3.58. The van der Waals surface area contributed by atoms with E-state index < -0.39 is 0 Å². The average molecular weight is 322 g/mol. The predicted molar refractivity (Wildman–Crippen MR) is 89.1 cm³/mol. The van der Waals surface area contributed by atoms with Gasteiger partial charge < -0.3 is 0 Å². The second-order valence-corrected chi connectivity index (χ2v) is 6.95. The molecule has 0 saturated heterocycles. The van der Waals surface area contributed by atoms with Crippen molar-refractivity contribution >= 4 is 27.9 Å². The molecule has 0 saturated carbocycles. The Morgan fingerprint density at radius 3 is 2.45 bits per heavy atom. The smallest absolute Gasteiger partial charge is 0.250 e. The maximum Gasteiger partial charge on any atom is 0.268 e. The van der Waals surface area contributed by atoms with E-state index in [4.69, 9.17) is 0 Å². The summed E-state index contributed by atoms with van der Waals surface area (Å²) in [7, 11) is 0. The molecule has 3 nitrogen and oxygen atoms in total. The molecule has 5 heteroatoms. The zero-order valence-corrected chi connectivity index (χ0v) is 13.2. The van der Waals surface area contributed by atoms with E-state index >= 15 is 0 Å². The van der Waals surface area contributed by atoms with Gasteiger partial charge in [0.1, 0.15) is 14.9 Å². The highest BCUT2D eigenvalue weighted by atomic mass is 32.2. The van der Waals surface area contributed by atoms with Gasteiger partial charge >= 0.3 is 0 Å². The van der Waals surface area contributed by atoms with Crippen molar-refractivity contribution in [3.8, 4) is 11.4 Å². The third kappa shape index (κ3) is 2.49. The van der Waals surface area contributed by atoms with Crippen LogP contribution in [-0.4, -0.2) is 9.97 Å². The van der Waals surface area contributed by atoms with E-state index in [2.05, 4.69) is 32.7 Å². The van der Waals surface area contributed by atoms with E-state index in [1.807, 2.05) is 54.9 Å². The van der Waals surface area contributed by atoms with Crippen molar-refractivity contribution < 1.29 is 4.40 Å². The first-order valence-corrected chi connectivity index (χ1v) is 8.48. The molecule has 22 heavy (non-hydrogen) atoms. The normalized spacial score (nSPS) is 10.9. The predicted octanol–water partition coefficient (Wildman–Crippen LogP) is 4.10. The van der Waals surface area contributed by atoms with Gasteiger partial charge in [-0.1, -0.05) is 35.2 Å². The Balaban J connectivity index is 1.90. The maximum absolute atomic E-state index is 4.53. The van der Waals surface area contributed by atoms with E-state index in [0.29, 0.717) is 0 Å². The molecule has 0 amide bonds. The highest BCUT2D eigenvalue weighted by Gasteiger charge is 2.24. The molecule has 0 N–H and O–H groups in total. The summed E-state index contributed by atoms with van der Waals surface area (Å²) in [5.74, 6) is 0. The lowest BCUT2D eigenvalue weighted by Crippen LogP contribution is -2.20. The average Bonchev–Trinajstić information content (AvgIpc) is 2.94. The summed E-state index contributed by atoms with van der Waals surface area (Å²) in [5, 5.41) is 0.992. The quantitative estimate of drug-likeness (QED) is 0.532. The molecule has 4 heterocycles. The molecule has 0 bridgehead atoms. The van der Waals surface area contributed by atoms with E-state index in [9.17, 15) is 0 Å². The van der Waals surface area contributed by atoms with Crippen LogP contribution >= 0.6 is 23.1 Å². The SMILES string of the molecule is c1ccc(Sc2sc3cccc[n+]3c2-c2ccccn2)nc1. The molecule has 0 unspecified atom stereocenters. The van der Waals surface area contributed by atoms with Crippen molar-refractivity contribution in [2.24, 2.45) is 0 Å². The molecule has 0 spiro atoms. The summed E-state index contributed by atoms with van der Waals surface area (Å²) in [5.41, 5.74) is 2.10. The first kappa shape index (κ1) is 13.4. The van der Waals surface area contributed by atoms with Gasteiger partial charge in [0.2, 0.25) is 0 Å². The summed E-state index contributed by atoms with van der Waals surface area (Å²) >= 11 is 3.44. The molecule has 0 aliphatic rings. The number of rotatable bonds is 3. The van der Waals surface area contributed by atoms with Crippen LogP contribution in [0.4, 0.5) is 0 Å². The van der Waals surface area contributed by atoms with E-state index in [-0.39, 0.29) is 0 Å². The number of aromatic nitrogens is 3. The highest BCUT2D eigenvalue weighted by Crippen LogP contribution is 2.37. The lowest BCUT2D eigenvalue weighted by molar-refractivity contribution is -0.496. The fourth-order valence-electron chi connectivity index (χ4n) is 2.24. The van der Waals surface area contributed by atoms with Crippen molar-refractivity contribution in [2.75, 3.05) is 0 Å². The van der Waals surface area contributed by atoms with Crippen LogP contribution in [0.1, 0.15) is 0 Å². The molecular weight excluding hydrogens is 310 g/mol. The molecule has 0 aliphatic heterocycles. The molecule has 0 aromatic carbocycles. The molecule has 4 aromatic heterocycles. The topological polar surface area (TPSA) is 29.9 Å². The number of thiazole rings is 1. The number of hydrogen-bond donors (Lipinski definition) is 0. The van der Waals surface area contributed by atoms with E-state index in [1.54, 1.807) is 23.1 Å². The fraction of sp³-hybridized carbons (Fsp3) is 0. The Bertz CT molecular complexity index is 905. The number of pyridine rings is 3. The molecule has 0 radical (unpaired) electrons. The lowest BCUT2D eigenvalue weighted by Gasteiger charge is -1.98. The van der Waals surface area contributed by atoms with Gasteiger partial charge in [-0.2, -0.15) is 0 Å². The van der Waals surface area contributed by atoms with E-state index in [1.165, 1.54) is 9.04 Å². The summed E-state index contributed by atoms with van der Waals surface area (Å²) in [4.78, 5) is 10.1. The monoisotopic (exact) mass is 322 g/mol. The summed E-state index contributed by atoms with van der Waals surface area (Å²) in [6, 6.07) is 18.2. The van der Waals surface area contributed by atoms with Crippen molar-refractivity contribution in [2.45, 2.75) is 9.24 Å². The zero-order chi connectivity index (χ0) is 14.8. The van der Waals surface area contributed by atoms with Crippen molar-refractivity contribution in [3.63, 3.8) is 0 Å². The van der Waals surface area contributed by atoms with Crippen LogP contribution in [0.5, 0.6) is 0 Å². The first-order chi connectivity index (χ1) is 10.9. The molecule has 4 aromatic rings. The Hall–Kier alpha value is -2.24. The molecular formula is C17H12N3S2+. The van der Waals surface area contributed by atoms with Gasteiger partial charge in [-0.3, -0.25) is 0 Å². The standard InChI is InChI=1S/C17H12N3S2/c1-4-10-18-13(7-1)16-17(21-14-8-2-5-11-19-14)22-15-9-3-6-12-20(15)16/h1-12H/q+1. The minimum atomic E-state index is 0.975. The minimum Gasteiger partial charge on any atom is -0.250 e. The lowest BCUT2D eigenvalue weighted by atomic mass is 10.3. The van der Waals surface area contributed by atoms with Gasteiger partial charge in [-0.15, -0.1) is 4.40 Å². The van der Waals surface area contributed by atoms with Crippen LogP contribution < -0.4 is 4.40 Å². The molecule has 0 atom stereocenters. The van der Waals surface area contributed by atoms with Crippen LogP contribution in [0.25, 0.3) is 16.2 Å². The second kappa shape index (κ2) is 5.87. The van der Waals surface area contributed by atoms with Gasteiger partial charge in [0.05, 0.1) is 0 Å². The van der Waals surface area contributed by atoms with Crippen LogP contribution in [0, 0.1) is 0 Å². The minimum absolute atomic E-state index is 0.975. The van der Waals surface area contributed by atoms with Gasteiger partial charge in [-0.25, -0.2) is 9.97 Å². The Labute approximate surface area is 136 Å². The van der Waals surface area contributed by atoms with Gasteiger partial charge in [0, 0.05) is 24.5 Å². The van der Waals surface area contributed by atoms with Gasteiger partial charge in [-0.05, 0) is 30.3 Å². The van der Waals surface area contributed by atoms with Crippen LogP contribution in [0.3, 0.4) is 0 Å². The highest BCUT2D eigenvalue weighted by molar-refractivity contribution is 8.01. The fourth-order valence-corrected chi connectivity index (χ4v) is 4.55. The van der Waals surface area contributed by atoms with Crippen molar-refractivity contribution in [1.29, 1.82) is 0 Å². The van der Waals surface area contributed by atoms with Crippen molar-refractivity contribution in [1.82, 2.24) is 9.97 Å². The first-order valence-electron chi connectivity index (χ1n) is 6.85. The molecule has 0 aliphatic carbocycles. The van der Waals surface area contributed by atoms with Crippen molar-refractivity contribution in [3.05, 3.63) is 73.2 Å². The number of hydrogen-bond acceptors (Lipinski definition) is 4. The Morgan fingerprint density at radius 1 is 0.864 bits per heavy atom. The Morgan fingerprint density at radius 2 is 1.68 bits per heavy atom. The third-order valence-corrected chi connectivity index (χ3v) is 5.45. The van der Waals surface area contributed by atoms with Crippen LogP contribution in [-0.2, 0) is 0 Å². The zero-order valence-electron chi connectivity index (χ0n) is 11.6. The summed E-state index contributed by atoms with van der Waals surface area (Å²) in [6.07, 6.45) is 5.74. The van der Waals surface area contributed by atoms with E-state index in [0.717, 1.165) is 16.4 Å². The second-order valence-electron chi connectivity index (χ2n) is 4.63. The summed E-state index contributed by atoms with van der Waals surface area (Å²) < 4.78 is 3.39. The van der Waals surface area contributed by atoms with Crippen LogP contribution in [0.15, 0.2) is 82.4 Å². The maximum atomic E-state index is 4.53. The third-order valence-electron chi connectivity index (χ3n) is 3.20. The van der Waals surface area contributed by atoms with Gasteiger partial charge in [0.25, 0.3) is 10.5 Å². The van der Waals surface area contributed by atoms with Gasteiger partial charge in [0.15, 0.2) is 6.20 Å². The summed E-state index contributed by atoms with van der Waals surface area (Å²) in [6.45, 7) is 0. The molecule has 0 fully saturated rings. The molecule has 106 valence electrons. The number of fused-ring (bicyclic) bond motifs is 1. The molecule has 4 rings (SSSR count).